The largest absolute Gasteiger partial charge is 0.383 e. The fourth-order valence-corrected chi connectivity index (χ4v) is 1.95. The number of nitrogens with zero attached hydrogens (tertiary/aromatic N) is 2. The first-order chi connectivity index (χ1) is 8.04. The Labute approximate surface area is 104 Å². The van der Waals surface area contributed by atoms with Gasteiger partial charge in [-0.05, 0) is 32.3 Å². The highest BCUT2D eigenvalue weighted by molar-refractivity contribution is 5.09. The smallest absolute Gasteiger partial charge is 0.0596 e. The van der Waals surface area contributed by atoms with Crippen LogP contribution in [0.4, 0.5) is 0 Å². The Morgan fingerprint density at radius 3 is 2.71 bits per heavy atom. The number of hydrogen-bond donors (Lipinski definition) is 1. The number of nitrogens with one attached hydrogen (secondary N) is 1. The fraction of sp³-hybridized carbons (Fsp3) is 0.769. The van der Waals surface area contributed by atoms with Crippen molar-refractivity contribution < 1.29 is 4.74 Å². The van der Waals surface area contributed by atoms with Crippen LogP contribution in [0.25, 0.3) is 0 Å². The molecule has 1 rings (SSSR count). The van der Waals surface area contributed by atoms with Crippen LogP contribution in [-0.2, 0) is 18.2 Å². The summed E-state index contributed by atoms with van der Waals surface area (Å²) >= 11 is 0. The van der Waals surface area contributed by atoms with E-state index >= 15 is 0 Å². The first-order valence-electron chi connectivity index (χ1n) is 6.26. The Hall–Kier alpha value is -0.870. The van der Waals surface area contributed by atoms with E-state index in [1.54, 1.807) is 7.11 Å². The van der Waals surface area contributed by atoms with E-state index in [4.69, 9.17) is 4.74 Å². The van der Waals surface area contributed by atoms with E-state index in [0.29, 0.717) is 12.0 Å². The molecular weight excluding hydrogens is 214 g/mol. The monoisotopic (exact) mass is 239 g/mol. The van der Waals surface area contributed by atoms with Crippen LogP contribution < -0.4 is 5.32 Å². The van der Waals surface area contributed by atoms with Gasteiger partial charge in [-0.15, -0.1) is 0 Å². The molecule has 1 N–H and O–H groups in total. The molecule has 0 fully saturated rings. The summed E-state index contributed by atoms with van der Waals surface area (Å²) < 4.78 is 7.02. The maximum atomic E-state index is 5.04. The molecule has 0 aliphatic carbocycles. The fourth-order valence-electron chi connectivity index (χ4n) is 1.95. The van der Waals surface area contributed by atoms with Gasteiger partial charge in [0.15, 0.2) is 0 Å². The summed E-state index contributed by atoms with van der Waals surface area (Å²) in [4.78, 5) is 0. The lowest BCUT2D eigenvalue weighted by Crippen LogP contribution is -2.35. The third-order valence-electron chi connectivity index (χ3n) is 3.26. The highest BCUT2D eigenvalue weighted by Crippen LogP contribution is 2.12. The Balaban J connectivity index is 2.42. The molecule has 2 unspecified atom stereocenters. The van der Waals surface area contributed by atoms with Gasteiger partial charge in [-0.2, -0.15) is 5.10 Å². The Kier molecular flexibility index (Phi) is 5.65. The van der Waals surface area contributed by atoms with E-state index in [-0.39, 0.29) is 0 Å². The quantitative estimate of drug-likeness (QED) is 0.733. The first kappa shape index (κ1) is 14.2. The second kappa shape index (κ2) is 6.77. The second-order valence-corrected chi connectivity index (χ2v) is 4.82. The molecule has 0 saturated heterocycles. The summed E-state index contributed by atoms with van der Waals surface area (Å²) in [6.45, 7) is 8.21. The highest BCUT2D eigenvalue weighted by Gasteiger charge is 2.14. The predicted octanol–water partition coefficient (Wildman–Crippen LogP) is 1.53. The van der Waals surface area contributed by atoms with Gasteiger partial charge in [-0.3, -0.25) is 4.68 Å². The maximum absolute atomic E-state index is 5.04. The lowest BCUT2D eigenvalue weighted by Gasteiger charge is -2.21. The Morgan fingerprint density at radius 2 is 2.18 bits per heavy atom. The van der Waals surface area contributed by atoms with Crippen LogP contribution in [0.1, 0.15) is 25.2 Å². The molecule has 1 aromatic rings. The zero-order valence-corrected chi connectivity index (χ0v) is 11.7. The Morgan fingerprint density at radius 1 is 1.47 bits per heavy atom. The van der Waals surface area contributed by atoms with Crippen molar-refractivity contribution in [1.29, 1.82) is 0 Å². The average molecular weight is 239 g/mol. The van der Waals surface area contributed by atoms with Crippen molar-refractivity contribution in [2.24, 2.45) is 13.0 Å². The van der Waals surface area contributed by atoms with Crippen LogP contribution in [0, 0.1) is 12.8 Å². The van der Waals surface area contributed by atoms with Gasteiger partial charge in [0, 0.05) is 32.4 Å². The van der Waals surface area contributed by atoms with E-state index < -0.39 is 0 Å². The van der Waals surface area contributed by atoms with Crippen molar-refractivity contribution >= 4 is 0 Å². The van der Waals surface area contributed by atoms with Crippen LogP contribution in [0.5, 0.6) is 0 Å². The molecular formula is C13H25N3O. The van der Waals surface area contributed by atoms with Crippen LogP contribution in [0.15, 0.2) is 6.07 Å². The molecule has 4 heteroatoms. The number of rotatable bonds is 7. The normalized spacial score (nSPS) is 14.9. The standard InChI is InChI=1S/C13H25N3O/c1-10(12(3)14-6-7-17-5)8-13-9-11(2)15-16(13)4/h9-10,12,14H,6-8H2,1-5H3. The summed E-state index contributed by atoms with van der Waals surface area (Å²) in [6.07, 6.45) is 1.05. The summed E-state index contributed by atoms with van der Waals surface area (Å²) in [6, 6.07) is 2.65. The van der Waals surface area contributed by atoms with Gasteiger partial charge in [-0.1, -0.05) is 6.92 Å². The second-order valence-electron chi connectivity index (χ2n) is 4.82. The van der Waals surface area contributed by atoms with E-state index in [9.17, 15) is 0 Å². The third-order valence-corrected chi connectivity index (χ3v) is 3.26. The van der Waals surface area contributed by atoms with Crippen molar-refractivity contribution in [1.82, 2.24) is 15.1 Å². The lowest BCUT2D eigenvalue weighted by atomic mass is 9.97. The zero-order valence-electron chi connectivity index (χ0n) is 11.7. The maximum Gasteiger partial charge on any atom is 0.0596 e. The van der Waals surface area contributed by atoms with Crippen molar-refractivity contribution in [3.63, 3.8) is 0 Å². The molecule has 1 heterocycles. The molecule has 0 aliphatic rings. The third kappa shape index (κ3) is 4.48. The number of ether oxygens (including phenoxy) is 1. The minimum atomic E-state index is 0.486. The summed E-state index contributed by atoms with van der Waals surface area (Å²) in [5.41, 5.74) is 2.39. The van der Waals surface area contributed by atoms with Crippen molar-refractivity contribution in [2.45, 2.75) is 33.2 Å². The SMILES string of the molecule is COCCNC(C)C(C)Cc1cc(C)nn1C. The Bertz CT molecular complexity index is 335. The molecule has 0 aliphatic heterocycles. The number of aryl methyl sites for hydroxylation is 2. The number of aromatic nitrogens is 2. The van der Waals surface area contributed by atoms with E-state index in [2.05, 4.69) is 30.3 Å². The lowest BCUT2D eigenvalue weighted by molar-refractivity contribution is 0.192. The molecule has 2 atom stereocenters. The van der Waals surface area contributed by atoms with Gasteiger partial charge >= 0.3 is 0 Å². The van der Waals surface area contributed by atoms with Gasteiger partial charge in [0.1, 0.15) is 0 Å². The van der Waals surface area contributed by atoms with E-state index in [0.717, 1.165) is 25.3 Å². The summed E-state index contributed by atoms with van der Waals surface area (Å²) in [5, 5.41) is 7.85. The molecule has 0 aromatic carbocycles. The summed E-state index contributed by atoms with van der Waals surface area (Å²) in [5.74, 6) is 0.585. The minimum absolute atomic E-state index is 0.486. The van der Waals surface area contributed by atoms with Crippen LogP contribution in [0.3, 0.4) is 0 Å². The number of hydrogen-bond acceptors (Lipinski definition) is 3. The minimum Gasteiger partial charge on any atom is -0.383 e. The molecule has 0 bridgehead atoms. The van der Waals surface area contributed by atoms with Crippen molar-refractivity contribution in [2.75, 3.05) is 20.3 Å². The predicted molar refractivity (Wildman–Crippen MR) is 70.2 cm³/mol. The molecule has 0 amide bonds. The summed E-state index contributed by atoms with van der Waals surface area (Å²) in [7, 11) is 3.74. The molecule has 17 heavy (non-hydrogen) atoms. The van der Waals surface area contributed by atoms with E-state index in [1.807, 2.05) is 18.7 Å². The average Bonchev–Trinajstić information content (AvgIpc) is 2.57. The molecule has 0 spiro atoms. The van der Waals surface area contributed by atoms with Crippen molar-refractivity contribution in [3.8, 4) is 0 Å². The van der Waals surface area contributed by atoms with Gasteiger partial charge < -0.3 is 10.1 Å². The van der Waals surface area contributed by atoms with Gasteiger partial charge in [0.25, 0.3) is 0 Å². The topological polar surface area (TPSA) is 39.1 Å². The van der Waals surface area contributed by atoms with Crippen LogP contribution in [0.2, 0.25) is 0 Å². The van der Waals surface area contributed by atoms with Crippen LogP contribution >= 0.6 is 0 Å². The first-order valence-corrected chi connectivity index (χ1v) is 6.26. The molecule has 4 nitrogen and oxygen atoms in total. The zero-order chi connectivity index (χ0) is 12.8. The molecule has 98 valence electrons. The molecule has 1 aromatic heterocycles. The van der Waals surface area contributed by atoms with Gasteiger partial charge in [0.2, 0.25) is 0 Å². The van der Waals surface area contributed by atoms with E-state index in [1.165, 1.54) is 5.69 Å². The van der Waals surface area contributed by atoms with Crippen LogP contribution in [-0.4, -0.2) is 36.1 Å². The highest BCUT2D eigenvalue weighted by atomic mass is 16.5. The molecule has 0 radical (unpaired) electrons. The van der Waals surface area contributed by atoms with Crippen molar-refractivity contribution in [3.05, 3.63) is 17.5 Å². The number of methoxy groups -OCH3 is 1. The van der Waals surface area contributed by atoms with Gasteiger partial charge in [0.05, 0.1) is 12.3 Å². The molecule has 0 saturated carbocycles. The van der Waals surface area contributed by atoms with Gasteiger partial charge in [-0.25, -0.2) is 0 Å².